The molecular weight excluding hydrogens is 248 g/mol. The van der Waals surface area contributed by atoms with Crippen LogP contribution in [0, 0.1) is 11.8 Å². The summed E-state index contributed by atoms with van der Waals surface area (Å²) in [5.74, 6) is 6.77. The smallest absolute Gasteiger partial charge is 0.315 e. The Morgan fingerprint density at radius 3 is 2.94 bits per heavy atom. The van der Waals surface area contributed by atoms with Crippen LogP contribution >= 0.6 is 11.8 Å². The van der Waals surface area contributed by atoms with Crippen LogP contribution < -0.4 is 0 Å². The second kappa shape index (κ2) is 8.62. The van der Waals surface area contributed by atoms with Gasteiger partial charge in [-0.3, -0.25) is 4.79 Å². The van der Waals surface area contributed by atoms with Crippen LogP contribution in [0.5, 0.6) is 0 Å². The van der Waals surface area contributed by atoms with E-state index in [1.165, 1.54) is 18.9 Å². The molecule has 1 N–H and O–H groups in total. The highest BCUT2D eigenvalue weighted by molar-refractivity contribution is 7.99. The molecule has 0 spiro atoms. The molecule has 1 rings (SSSR count). The summed E-state index contributed by atoms with van der Waals surface area (Å²) in [7, 11) is 1.39. The number of carbonyl (C=O) groups excluding carboxylic acids is 1. The first kappa shape index (κ1) is 14.6. The van der Waals surface area contributed by atoms with E-state index < -0.39 is 0 Å². The normalized spacial score (nSPS) is 9.44. The predicted octanol–water partition coefficient (Wildman–Crippen LogP) is 1.83. The van der Waals surface area contributed by atoms with Gasteiger partial charge in [-0.15, -0.1) is 11.8 Å². The van der Waals surface area contributed by atoms with Gasteiger partial charge >= 0.3 is 5.97 Å². The maximum absolute atomic E-state index is 11.0. The van der Waals surface area contributed by atoms with Crippen molar-refractivity contribution in [2.45, 2.75) is 12.2 Å². The van der Waals surface area contributed by atoms with Crippen molar-refractivity contribution in [3.8, 4) is 11.8 Å². The molecule has 0 aliphatic rings. The summed E-state index contributed by atoms with van der Waals surface area (Å²) < 4.78 is 4.58. The minimum atomic E-state index is -0.219. The summed E-state index contributed by atoms with van der Waals surface area (Å²) in [4.78, 5) is 11.0. The predicted molar refractivity (Wildman–Crippen MR) is 73.2 cm³/mol. The Labute approximate surface area is 112 Å². The third-order valence-corrected chi connectivity index (χ3v) is 3.14. The molecule has 0 bridgehead atoms. The summed E-state index contributed by atoms with van der Waals surface area (Å²) in [5, 5.41) is 8.69. The molecule has 0 amide bonds. The maximum Gasteiger partial charge on any atom is 0.315 e. The van der Waals surface area contributed by atoms with Crippen molar-refractivity contribution in [3.63, 3.8) is 0 Å². The van der Waals surface area contributed by atoms with Crippen molar-refractivity contribution in [3.05, 3.63) is 35.4 Å². The molecule has 0 fully saturated rings. The van der Waals surface area contributed by atoms with Crippen LogP contribution in [0.4, 0.5) is 0 Å². The molecule has 18 heavy (non-hydrogen) atoms. The average molecular weight is 264 g/mol. The van der Waals surface area contributed by atoms with Gasteiger partial charge in [0, 0.05) is 17.7 Å². The molecular formula is C14H16O3S. The molecule has 0 saturated heterocycles. The van der Waals surface area contributed by atoms with E-state index in [1.807, 2.05) is 24.3 Å². The fourth-order valence-corrected chi connectivity index (χ4v) is 2.14. The number of hydrogen-bond acceptors (Lipinski definition) is 4. The number of carbonyl (C=O) groups is 1. The zero-order valence-corrected chi connectivity index (χ0v) is 11.1. The second-order valence-electron chi connectivity index (χ2n) is 3.50. The standard InChI is InChI=1S/C14H16O3S/c1-17-14(16)11-18-10-13-8-3-2-6-12(13)7-4-5-9-15/h2-3,6,8,15H,5,9-11H2,1H3. The molecule has 1 aromatic carbocycles. The van der Waals surface area contributed by atoms with Crippen molar-refractivity contribution in [1.82, 2.24) is 0 Å². The van der Waals surface area contributed by atoms with Crippen molar-refractivity contribution >= 4 is 17.7 Å². The van der Waals surface area contributed by atoms with Crippen molar-refractivity contribution in [2.24, 2.45) is 0 Å². The zero-order chi connectivity index (χ0) is 13.2. The number of thioether (sulfide) groups is 1. The summed E-state index contributed by atoms with van der Waals surface area (Å²) in [6, 6.07) is 7.81. The summed E-state index contributed by atoms with van der Waals surface area (Å²) in [6.07, 6.45) is 0.476. The van der Waals surface area contributed by atoms with Gasteiger partial charge in [-0.2, -0.15) is 0 Å². The molecule has 0 unspecified atom stereocenters. The van der Waals surface area contributed by atoms with E-state index in [0.717, 1.165) is 16.9 Å². The lowest BCUT2D eigenvalue weighted by Gasteiger charge is -2.03. The Hall–Kier alpha value is -1.44. The molecule has 0 atom stereocenters. The van der Waals surface area contributed by atoms with Crippen molar-refractivity contribution in [2.75, 3.05) is 19.5 Å². The van der Waals surface area contributed by atoms with Crippen molar-refractivity contribution in [1.29, 1.82) is 0 Å². The largest absolute Gasteiger partial charge is 0.468 e. The molecule has 0 heterocycles. The molecule has 0 aliphatic heterocycles. The van der Waals surface area contributed by atoms with Crippen LogP contribution in [0.3, 0.4) is 0 Å². The Kier molecular flexibility index (Phi) is 7.00. The van der Waals surface area contributed by atoms with E-state index in [1.54, 1.807) is 0 Å². The molecule has 0 aliphatic carbocycles. The van der Waals surface area contributed by atoms with Gasteiger partial charge in [0.15, 0.2) is 0 Å². The van der Waals surface area contributed by atoms with Crippen LogP contribution in [-0.4, -0.2) is 30.5 Å². The highest BCUT2D eigenvalue weighted by atomic mass is 32.2. The van der Waals surface area contributed by atoms with Gasteiger partial charge in [-0.25, -0.2) is 0 Å². The lowest BCUT2D eigenvalue weighted by molar-refractivity contribution is -0.137. The number of rotatable bonds is 5. The molecule has 0 radical (unpaired) electrons. The van der Waals surface area contributed by atoms with Crippen LogP contribution in [-0.2, 0) is 15.3 Å². The molecule has 1 aromatic rings. The summed E-state index contributed by atoms with van der Waals surface area (Å²) in [5.41, 5.74) is 2.04. The third kappa shape index (κ3) is 5.26. The first-order valence-corrected chi connectivity index (χ1v) is 6.75. The fraction of sp³-hybridized carbons (Fsp3) is 0.357. The highest BCUT2D eigenvalue weighted by Gasteiger charge is 2.03. The number of ether oxygens (including phenoxy) is 1. The van der Waals surface area contributed by atoms with E-state index in [4.69, 9.17) is 5.11 Å². The second-order valence-corrected chi connectivity index (χ2v) is 4.49. The molecule has 0 saturated carbocycles. The van der Waals surface area contributed by atoms with Gasteiger partial charge in [0.05, 0.1) is 19.5 Å². The molecule has 0 aromatic heterocycles. The Balaban J connectivity index is 2.60. The lowest BCUT2D eigenvalue weighted by atomic mass is 10.1. The van der Waals surface area contributed by atoms with Gasteiger partial charge in [0.2, 0.25) is 0 Å². The first-order valence-electron chi connectivity index (χ1n) is 5.60. The fourth-order valence-electron chi connectivity index (χ4n) is 1.28. The minimum absolute atomic E-state index is 0.0757. The SMILES string of the molecule is COC(=O)CSCc1ccccc1C#CCCO. The Morgan fingerprint density at radius 1 is 1.44 bits per heavy atom. The number of benzene rings is 1. The average Bonchev–Trinajstić information content (AvgIpc) is 2.40. The zero-order valence-electron chi connectivity index (χ0n) is 10.3. The van der Waals surface area contributed by atoms with Crippen LogP contribution in [0.25, 0.3) is 0 Å². The van der Waals surface area contributed by atoms with E-state index >= 15 is 0 Å². The van der Waals surface area contributed by atoms with Gasteiger partial charge in [-0.05, 0) is 11.6 Å². The first-order chi connectivity index (χ1) is 8.77. The topological polar surface area (TPSA) is 46.5 Å². The Bertz CT molecular complexity index is 446. The number of aliphatic hydroxyl groups excluding tert-OH is 1. The molecule has 3 nitrogen and oxygen atoms in total. The number of esters is 1. The lowest BCUT2D eigenvalue weighted by Crippen LogP contribution is -2.03. The van der Waals surface area contributed by atoms with Gasteiger partial charge in [0.1, 0.15) is 0 Å². The van der Waals surface area contributed by atoms with Crippen molar-refractivity contribution < 1.29 is 14.6 Å². The van der Waals surface area contributed by atoms with E-state index in [-0.39, 0.29) is 12.6 Å². The quantitative estimate of drug-likeness (QED) is 0.651. The van der Waals surface area contributed by atoms with E-state index in [2.05, 4.69) is 16.6 Å². The minimum Gasteiger partial charge on any atom is -0.468 e. The van der Waals surface area contributed by atoms with Crippen LogP contribution in [0.2, 0.25) is 0 Å². The highest BCUT2D eigenvalue weighted by Crippen LogP contribution is 2.16. The summed E-state index contributed by atoms with van der Waals surface area (Å²) >= 11 is 1.50. The number of hydrogen-bond donors (Lipinski definition) is 1. The maximum atomic E-state index is 11.0. The molecule has 4 heteroatoms. The number of methoxy groups -OCH3 is 1. The van der Waals surface area contributed by atoms with Gasteiger partial charge < -0.3 is 9.84 Å². The Morgan fingerprint density at radius 2 is 2.22 bits per heavy atom. The summed E-state index contributed by atoms with van der Waals surface area (Å²) in [6.45, 7) is 0.0757. The third-order valence-electron chi connectivity index (χ3n) is 2.18. The van der Waals surface area contributed by atoms with Crippen LogP contribution in [0.1, 0.15) is 17.5 Å². The monoisotopic (exact) mass is 264 g/mol. The van der Waals surface area contributed by atoms with E-state index in [0.29, 0.717) is 12.2 Å². The van der Waals surface area contributed by atoms with Crippen LogP contribution in [0.15, 0.2) is 24.3 Å². The van der Waals surface area contributed by atoms with Gasteiger partial charge in [-0.1, -0.05) is 30.0 Å². The molecule has 96 valence electrons. The van der Waals surface area contributed by atoms with E-state index in [9.17, 15) is 4.79 Å². The number of aliphatic hydroxyl groups is 1. The van der Waals surface area contributed by atoms with Gasteiger partial charge in [0.25, 0.3) is 0 Å².